The summed E-state index contributed by atoms with van der Waals surface area (Å²) in [6, 6.07) is 16.8. The Labute approximate surface area is 163 Å². The van der Waals surface area contributed by atoms with Gasteiger partial charge in [-0.1, -0.05) is 36.4 Å². The van der Waals surface area contributed by atoms with Gasteiger partial charge in [-0.15, -0.1) is 0 Å². The molecule has 0 unspecified atom stereocenters. The zero-order chi connectivity index (χ0) is 19.5. The van der Waals surface area contributed by atoms with Gasteiger partial charge in [-0.05, 0) is 17.7 Å². The summed E-state index contributed by atoms with van der Waals surface area (Å²) < 4.78 is 7.44. The van der Waals surface area contributed by atoms with Crippen LogP contribution in [0.5, 0.6) is 5.75 Å². The first kappa shape index (κ1) is 18.0. The van der Waals surface area contributed by atoms with E-state index in [-0.39, 0.29) is 35.3 Å². The van der Waals surface area contributed by atoms with E-state index in [1.54, 1.807) is 28.9 Å². The maximum absolute atomic E-state index is 13.1. The van der Waals surface area contributed by atoms with E-state index in [2.05, 4.69) is 4.98 Å². The van der Waals surface area contributed by atoms with Crippen molar-refractivity contribution >= 4 is 5.91 Å². The number of aromatic nitrogens is 2. The van der Waals surface area contributed by atoms with E-state index in [0.717, 1.165) is 11.3 Å². The van der Waals surface area contributed by atoms with Gasteiger partial charge in [0.2, 0.25) is 5.43 Å². The number of carbonyl (C=O) groups is 1. The van der Waals surface area contributed by atoms with Crippen LogP contribution < -0.4 is 10.2 Å². The lowest BCUT2D eigenvalue weighted by Crippen LogP contribution is -2.49. The summed E-state index contributed by atoms with van der Waals surface area (Å²) in [5.41, 5.74) is 1.90. The summed E-state index contributed by atoms with van der Waals surface area (Å²) in [7, 11) is 1.75. The normalized spacial score (nSPS) is 13.8. The molecule has 3 aromatic rings. The first-order valence-electron chi connectivity index (χ1n) is 9.20. The van der Waals surface area contributed by atoms with Crippen molar-refractivity contribution in [2.75, 3.05) is 13.1 Å². The molecule has 0 bridgehead atoms. The predicted molar refractivity (Wildman–Crippen MR) is 105 cm³/mol. The summed E-state index contributed by atoms with van der Waals surface area (Å²) >= 11 is 0. The van der Waals surface area contributed by atoms with Gasteiger partial charge < -0.3 is 14.2 Å². The molecule has 3 heterocycles. The molecule has 4 rings (SSSR count). The first-order valence-corrected chi connectivity index (χ1v) is 9.20. The van der Waals surface area contributed by atoms with Crippen LogP contribution in [-0.4, -0.2) is 33.4 Å². The molecule has 142 valence electrons. The second-order valence-corrected chi connectivity index (χ2v) is 6.90. The molecule has 1 amide bonds. The van der Waals surface area contributed by atoms with Crippen LogP contribution in [0, 0.1) is 0 Å². The molecular weight excluding hydrogens is 354 g/mol. The van der Waals surface area contributed by atoms with E-state index in [1.165, 1.54) is 6.07 Å². The Balaban J connectivity index is 1.53. The monoisotopic (exact) mass is 375 g/mol. The van der Waals surface area contributed by atoms with Crippen LogP contribution in [-0.2, 0) is 13.7 Å². The zero-order valence-electron chi connectivity index (χ0n) is 15.6. The Morgan fingerprint density at radius 3 is 2.57 bits per heavy atom. The molecule has 1 aromatic carbocycles. The molecule has 0 radical (unpaired) electrons. The minimum Gasteiger partial charge on any atom is -0.483 e. The van der Waals surface area contributed by atoms with Crippen LogP contribution in [0.4, 0.5) is 0 Å². The fourth-order valence-corrected chi connectivity index (χ4v) is 3.32. The number of amides is 1. The number of ether oxygens (including phenoxy) is 1. The second kappa shape index (κ2) is 7.68. The molecule has 1 aliphatic heterocycles. The lowest BCUT2D eigenvalue weighted by Gasteiger charge is -2.39. The highest BCUT2D eigenvalue weighted by Gasteiger charge is 2.35. The number of likely N-dealkylation sites (tertiary alicyclic amines) is 1. The van der Waals surface area contributed by atoms with Crippen LogP contribution in [0.25, 0.3) is 0 Å². The molecule has 0 spiro atoms. The summed E-state index contributed by atoms with van der Waals surface area (Å²) in [4.78, 5) is 31.6. The second-order valence-electron chi connectivity index (χ2n) is 6.90. The third-order valence-corrected chi connectivity index (χ3v) is 4.94. The van der Waals surface area contributed by atoms with Gasteiger partial charge in [0.1, 0.15) is 6.61 Å². The Morgan fingerprint density at radius 1 is 1.11 bits per heavy atom. The van der Waals surface area contributed by atoms with E-state index in [0.29, 0.717) is 13.1 Å². The summed E-state index contributed by atoms with van der Waals surface area (Å²) in [6.07, 6.45) is 3.36. The highest BCUT2D eigenvalue weighted by atomic mass is 16.5. The number of benzene rings is 1. The molecule has 0 saturated carbocycles. The molecule has 1 fully saturated rings. The largest absolute Gasteiger partial charge is 0.483 e. The molecule has 2 aromatic heterocycles. The van der Waals surface area contributed by atoms with Crippen molar-refractivity contribution in [3.05, 3.63) is 94.2 Å². The van der Waals surface area contributed by atoms with Gasteiger partial charge in [0, 0.05) is 50.2 Å². The van der Waals surface area contributed by atoms with Crippen molar-refractivity contribution in [3.8, 4) is 5.75 Å². The first-order chi connectivity index (χ1) is 13.6. The summed E-state index contributed by atoms with van der Waals surface area (Å²) in [6.45, 7) is 1.39. The van der Waals surface area contributed by atoms with Gasteiger partial charge in [0.05, 0.1) is 0 Å². The third-order valence-electron chi connectivity index (χ3n) is 4.94. The van der Waals surface area contributed by atoms with E-state index in [4.69, 9.17) is 4.74 Å². The average molecular weight is 375 g/mol. The Kier molecular flexibility index (Phi) is 4.93. The highest BCUT2D eigenvalue weighted by Crippen LogP contribution is 2.28. The minimum atomic E-state index is -0.292. The fraction of sp³-hybridized carbons (Fsp3) is 0.227. The number of hydrogen-bond acceptors (Lipinski definition) is 4. The summed E-state index contributed by atoms with van der Waals surface area (Å²) in [5.74, 6) is 0.121. The van der Waals surface area contributed by atoms with Gasteiger partial charge in [-0.2, -0.15) is 0 Å². The van der Waals surface area contributed by atoms with E-state index in [1.807, 2.05) is 48.5 Å². The van der Waals surface area contributed by atoms with Crippen molar-refractivity contribution in [3.63, 3.8) is 0 Å². The Morgan fingerprint density at radius 2 is 1.86 bits per heavy atom. The molecule has 6 nitrogen and oxygen atoms in total. The van der Waals surface area contributed by atoms with Crippen LogP contribution in [0.2, 0.25) is 0 Å². The maximum atomic E-state index is 13.1. The number of hydrogen-bond donors (Lipinski definition) is 0. The minimum absolute atomic E-state index is 0.0974. The number of nitrogens with zero attached hydrogens (tertiary/aromatic N) is 3. The van der Waals surface area contributed by atoms with Crippen molar-refractivity contribution in [1.29, 1.82) is 0 Å². The molecule has 1 aliphatic rings. The van der Waals surface area contributed by atoms with Crippen LogP contribution in [0.1, 0.15) is 27.7 Å². The molecule has 28 heavy (non-hydrogen) atoms. The lowest BCUT2D eigenvalue weighted by molar-refractivity contribution is 0.0581. The topological polar surface area (TPSA) is 64.4 Å². The number of carbonyl (C=O) groups excluding carboxylic acids is 1. The molecule has 0 N–H and O–H groups in total. The van der Waals surface area contributed by atoms with Crippen LogP contribution >= 0.6 is 0 Å². The van der Waals surface area contributed by atoms with Crippen molar-refractivity contribution in [1.82, 2.24) is 14.5 Å². The lowest BCUT2D eigenvalue weighted by atomic mass is 9.95. The van der Waals surface area contributed by atoms with Crippen molar-refractivity contribution in [2.24, 2.45) is 7.05 Å². The third kappa shape index (κ3) is 3.53. The van der Waals surface area contributed by atoms with Gasteiger partial charge in [-0.25, -0.2) is 0 Å². The van der Waals surface area contributed by atoms with Crippen molar-refractivity contribution < 1.29 is 9.53 Å². The van der Waals surface area contributed by atoms with Gasteiger partial charge in [0.15, 0.2) is 11.4 Å². The Bertz CT molecular complexity index is 1030. The zero-order valence-corrected chi connectivity index (χ0v) is 15.6. The quantitative estimate of drug-likeness (QED) is 0.688. The average Bonchev–Trinajstić information content (AvgIpc) is 2.69. The fourth-order valence-electron chi connectivity index (χ4n) is 3.32. The van der Waals surface area contributed by atoms with Crippen LogP contribution in [0.3, 0.4) is 0 Å². The smallest absolute Gasteiger partial charge is 0.274 e. The molecule has 0 atom stereocenters. The SMILES string of the molecule is Cn1ccc(=O)c(OCc2ccccc2)c1C(=O)N1CC(c2ccccn2)C1. The van der Waals surface area contributed by atoms with Crippen LogP contribution in [0.15, 0.2) is 71.8 Å². The summed E-state index contributed by atoms with van der Waals surface area (Å²) in [5, 5.41) is 0. The number of aryl methyl sites for hydroxylation is 1. The molecular formula is C22H21N3O3. The van der Waals surface area contributed by atoms with E-state index < -0.39 is 0 Å². The number of rotatable bonds is 5. The predicted octanol–water partition coefficient (Wildman–Crippen LogP) is 2.60. The standard InChI is InChI=1S/C22H21N3O3/c1-24-12-10-19(26)21(28-15-16-7-3-2-4-8-16)20(24)22(27)25-13-17(14-25)18-9-5-6-11-23-18/h2-12,17H,13-15H2,1H3. The van der Waals surface area contributed by atoms with Gasteiger partial charge in [-0.3, -0.25) is 14.6 Å². The Hall–Kier alpha value is -3.41. The molecule has 6 heteroatoms. The van der Waals surface area contributed by atoms with E-state index in [9.17, 15) is 9.59 Å². The van der Waals surface area contributed by atoms with Gasteiger partial charge >= 0.3 is 0 Å². The maximum Gasteiger partial charge on any atom is 0.274 e. The van der Waals surface area contributed by atoms with E-state index >= 15 is 0 Å². The van der Waals surface area contributed by atoms with Crippen molar-refractivity contribution in [2.45, 2.75) is 12.5 Å². The molecule has 1 saturated heterocycles. The molecule has 0 aliphatic carbocycles. The highest BCUT2D eigenvalue weighted by molar-refractivity contribution is 5.95. The van der Waals surface area contributed by atoms with Gasteiger partial charge in [0.25, 0.3) is 5.91 Å². The number of pyridine rings is 2.